The van der Waals surface area contributed by atoms with E-state index in [0.717, 1.165) is 34.6 Å². The van der Waals surface area contributed by atoms with Crippen molar-refractivity contribution in [1.29, 1.82) is 0 Å². The molecule has 2 aromatic carbocycles. The molecule has 0 bridgehead atoms. The van der Waals surface area contributed by atoms with Crippen molar-refractivity contribution in [3.05, 3.63) is 64.7 Å². The zero-order valence-corrected chi connectivity index (χ0v) is 20.4. The third-order valence-corrected chi connectivity index (χ3v) is 9.86. The summed E-state index contributed by atoms with van der Waals surface area (Å²) in [6, 6.07) is 14.5. The standard InChI is InChI=1S/C23H23ClN4O3S2/c1-27-10-8-26-22(27)15-2-4-16(5-3-15)23(28-11-9-25-20(29)14-28)33(30,31)21-12-17-6-7-18(24)13-19(17)32-21/h2-7,12-13,23H,8-11,14H2,1H3,(H,25,29). The number of amidine groups is 1. The Bertz CT molecular complexity index is 1350. The smallest absolute Gasteiger partial charge is 0.234 e. The Morgan fingerprint density at radius 2 is 1.91 bits per heavy atom. The fourth-order valence-corrected chi connectivity index (χ4v) is 7.99. The van der Waals surface area contributed by atoms with E-state index in [1.54, 1.807) is 23.1 Å². The number of aliphatic imine (C=N–C) groups is 1. The number of carbonyl (C=O) groups excluding carboxylic acids is 1. The summed E-state index contributed by atoms with van der Waals surface area (Å²) in [5, 5.41) is 3.20. The molecule has 33 heavy (non-hydrogen) atoms. The van der Waals surface area contributed by atoms with Crippen LogP contribution in [-0.4, -0.2) is 69.7 Å². The molecule has 0 radical (unpaired) electrons. The topological polar surface area (TPSA) is 82.1 Å². The molecule has 1 unspecified atom stereocenters. The molecule has 0 saturated carbocycles. The highest BCUT2D eigenvalue weighted by Crippen LogP contribution is 2.39. The number of carbonyl (C=O) groups is 1. The molecule has 0 aliphatic carbocycles. The van der Waals surface area contributed by atoms with Gasteiger partial charge in [0.1, 0.15) is 15.4 Å². The number of nitrogens with zero attached hydrogens (tertiary/aromatic N) is 3. The molecule has 1 aromatic heterocycles. The summed E-state index contributed by atoms with van der Waals surface area (Å²) in [7, 11) is -1.82. The second-order valence-corrected chi connectivity index (χ2v) is 12.0. The van der Waals surface area contributed by atoms with Gasteiger partial charge in [0.2, 0.25) is 15.7 Å². The van der Waals surface area contributed by atoms with Gasteiger partial charge in [0.25, 0.3) is 0 Å². The van der Waals surface area contributed by atoms with Crippen LogP contribution in [0.4, 0.5) is 0 Å². The fourth-order valence-electron chi connectivity index (χ4n) is 4.32. The quantitative estimate of drug-likeness (QED) is 0.579. The number of rotatable bonds is 5. The second kappa shape index (κ2) is 8.72. The van der Waals surface area contributed by atoms with Gasteiger partial charge in [-0.05, 0) is 29.1 Å². The zero-order chi connectivity index (χ0) is 23.2. The highest BCUT2D eigenvalue weighted by atomic mass is 35.5. The van der Waals surface area contributed by atoms with Crippen molar-refractivity contribution in [2.24, 2.45) is 4.99 Å². The summed E-state index contributed by atoms with van der Waals surface area (Å²) in [6.07, 6.45) is 0. The Morgan fingerprint density at radius 3 is 2.61 bits per heavy atom. The van der Waals surface area contributed by atoms with E-state index < -0.39 is 15.2 Å². The lowest BCUT2D eigenvalue weighted by Gasteiger charge is -2.33. The first-order chi connectivity index (χ1) is 15.8. The van der Waals surface area contributed by atoms with Gasteiger partial charge in [0.05, 0.1) is 13.1 Å². The predicted octanol–water partition coefficient (Wildman–Crippen LogP) is 3.15. The average Bonchev–Trinajstić information content (AvgIpc) is 3.40. The number of piperazine rings is 1. The minimum absolute atomic E-state index is 0.0256. The maximum Gasteiger partial charge on any atom is 0.234 e. The van der Waals surface area contributed by atoms with Crippen molar-refractivity contribution < 1.29 is 13.2 Å². The molecule has 3 aromatic rings. The molecule has 1 N–H and O–H groups in total. The van der Waals surface area contributed by atoms with Crippen molar-refractivity contribution >= 4 is 54.6 Å². The van der Waals surface area contributed by atoms with Crippen LogP contribution < -0.4 is 5.32 Å². The molecule has 3 heterocycles. The van der Waals surface area contributed by atoms with E-state index in [-0.39, 0.29) is 16.7 Å². The van der Waals surface area contributed by atoms with E-state index >= 15 is 0 Å². The lowest BCUT2D eigenvalue weighted by Crippen LogP contribution is -2.50. The monoisotopic (exact) mass is 502 g/mol. The fraction of sp³-hybridized carbons (Fsp3) is 0.304. The summed E-state index contributed by atoms with van der Waals surface area (Å²) >= 11 is 7.31. The van der Waals surface area contributed by atoms with Crippen molar-refractivity contribution in [3.63, 3.8) is 0 Å². The van der Waals surface area contributed by atoms with Crippen LogP contribution in [0, 0.1) is 0 Å². The van der Waals surface area contributed by atoms with Gasteiger partial charge in [-0.15, -0.1) is 11.3 Å². The lowest BCUT2D eigenvalue weighted by molar-refractivity contribution is -0.124. The van der Waals surface area contributed by atoms with Crippen molar-refractivity contribution in [2.75, 3.05) is 39.8 Å². The Balaban J connectivity index is 1.57. The third kappa shape index (κ3) is 4.26. The van der Waals surface area contributed by atoms with Crippen LogP contribution in [0.15, 0.2) is 57.7 Å². The molecule has 0 spiro atoms. The van der Waals surface area contributed by atoms with Crippen LogP contribution in [0.5, 0.6) is 0 Å². The van der Waals surface area contributed by atoms with E-state index in [9.17, 15) is 13.2 Å². The molecule has 1 fully saturated rings. The third-order valence-electron chi connectivity index (χ3n) is 5.95. The van der Waals surface area contributed by atoms with Gasteiger partial charge in [-0.1, -0.05) is 41.9 Å². The van der Waals surface area contributed by atoms with Gasteiger partial charge < -0.3 is 10.2 Å². The molecular formula is C23H23ClN4O3S2. The summed E-state index contributed by atoms with van der Waals surface area (Å²) in [5.41, 5.74) is 1.58. The molecule has 1 saturated heterocycles. The SMILES string of the molecule is CN1CCN=C1c1ccc(C(N2CCNC(=O)C2)S(=O)(=O)c2cc3ccc(Cl)cc3s2)cc1. The normalized spacial score (nSPS) is 18.4. The minimum atomic E-state index is -3.81. The van der Waals surface area contributed by atoms with E-state index in [4.69, 9.17) is 11.6 Å². The Kier molecular flexibility index (Phi) is 5.90. The van der Waals surface area contributed by atoms with Gasteiger partial charge in [0.15, 0.2) is 0 Å². The van der Waals surface area contributed by atoms with E-state index in [1.165, 1.54) is 11.3 Å². The predicted molar refractivity (Wildman–Crippen MR) is 132 cm³/mol. The Labute approximate surface area is 201 Å². The van der Waals surface area contributed by atoms with Gasteiger partial charge >= 0.3 is 0 Å². The molecule has 1 amide bonds. The van der Waals surface area contributed by atoms with Gasteiger partial charge in [0, 0.05) is 42.0 Å². The van der Waals surface area contributed by atoms with Gasteiger partial charge in [-0.2, -0.15) is 0 Å². The van der Waals surface area contributed by atoms with Crippen molar-refractivity contribution in [2.45, 2.75) is 9.58 Å². The minimum Gasteiger partial charge on any atom is -0.358 e. The molecule has 2 aliphatic heterocycles. The largest absolute Gasteiger partial charge is 0.358 e. The number of sulfone groups is 1. The first-order valence-electron chi connectivity index (χ1n) is 10.6. The highest BCUT2D eigenvalue weighted by molar-refractivity contribution is 7.93. The molecule has 1 atom stereocenters. The summed E-state index contributed by atoms with van der Waals surface area (Å²) in [4.78, 5) is 20.5. The molecular weight excluding hydrogens is 480 g/mol. The van der Waals surface area contributed by atoms with Crippen LogP contribution in [0.1, 0.15) is 16.5 Å². The maximum absolute atomic E-state index is 14.0. The van der Waals surface area contributed by atoms with Gasteiger partial charge in [-0.3, -0.25) is 14.7 Å². The molecule has 172 valence electrons. The van der Waals surface area contributed by atoms with E-state index in [2.05, 4.69) is 15.2 Å². The number of hydrogen-bond donors (Lipinski definition) is 1. The first-order valence-corrected chi connectivity index (χ1v) is 13.4. The van der Waals surface area contributed by atoms with Gasteiger partial charge in [-0.25, -0.2) is 8.42 Å². The summed E-state index contributed by atoms with van der Waals surface area (Å²) < 4.78 is 29.0. The Morgan fingerprint density at radius 1 is 1.12 bits per heavy atom. The van der Waals surface area contributed by atoms with Crippen LogP contribution in [-0.2, 0) is 14.6 Å². The first kappa shape index (κ1) is 22.3. The molecule has 2 aliphatic rings. The van der Waals surface area contributed by atoms with E-state index in [0.29, 0.717) is 23.7 Å². The summed E-state index contributed by atoms with van der Waals surface area (Å²) in [6.45, 7) is 2.50. The number of hydrogen-bond acceptors (Lipinski definition) is 7. The lowest BCUT2D eigenvalue weighted by atomic mass is 10.1. The number of nitrogens with one attached hydrogen (secondary N) is 1. The summed E-state index contributed by atoms with van der Waals surface area (Å²) in [5.74, 6) is 0.725. The number of thiophene rings is 1. The van der Waals surface area contributed by atoms with Crippen LogP contribution in [0.2, 0.25) is 5.02 Å². The van der Waals surface area contributed by atoms with Crippen LogP contribution in [0.25, 0.3) is 10.1 Å². The van der Waals surface area contributed by atoms with Crippen LogP contribution >= 0.6 is 22.9 Å². The average molecular weight is 503 g/mol. The zero-order valence-electron chi connectivity index (χ0n) is 18.0. The van der Waals surface area contributed by atoms with Crippen molar-refractivity contribution in [1.82, 2.24) is 15.1 Å². The number of fused-ring (bicyclic) bond motifs is 1. The number of amides is 1. The molecule has 5 rings (SSSR count). The number of likely N-dealkylation sites (N-methyl/N-ethyl adjacent to an activating group) is 1. The molecule has 10 heteroatoms. The number of halogens is 1. The van der Waals surface area contributed by atoms with Crippen molar-refractivity contribution in [3.8, 4) is 0 Å². The van der Waals surface area contributed by atoms with E-state index in [1.807, 2.05) is 37.4 Å². The Hall–Kier alpha value is -2.46. The number of benzene rings is 2. The highest BCUT2D eigenvalue weighted by Gasteiger charge is 2.38. The second-order valence-electron chi connectivity index (χ2n) is 8.21. The molecule has 7 nitrogen and oxygen atoms in total. The van der Waals surface area contributed by atoms with Crippen LogP contribution in [0.3, 0.4) is 0 Å². The maximum atomic E-state index is 14.0.